The Morgan fingerprint density at radius 1 is 1.36 bits per heavy atom. The van der Waals surface area contributed by atoms with Gasteiger partial charge in [0.2, 0.25) is 0 Å². The molecule has 1 spiro atoms. The van der Waals surface area contributed by atoms with Crippen LogP contribution in [-0.2, 0) is 9.53 Å². The van der Waals surface area contributed by atoms with Crippen LogP contribution >= 0.6 is 0 Å². The molecule has 2 aliphatic heterocycles. The highest BCUT2D eigenvalue weighted by molar-refractivity contribution is 6.06. The maximum atomic E-state index is 12.5. The predicted octanol–water partition coefficient (Wildman–Crippen LogP) is 1.89. The number of piperidine rings is 1. The standard InChI is InChI=1S/C19H23N3O3/c1-12-2-3-14-15(11-21-16(14)8-12)17(23)22-10-13-9-19(18(24)25-13)4-6-20-7-5-19/h2-3,8,11,13,20-21H,4-7,9-10H2,1H3,(H,22,23). The highest BCUT2D eigenvalue weighted by Gasteiger charge is 2.49. The first-order chi connectivity index (χ1) is 12.1. The number of rotatable bonds is 3. The van der Waals surface area contributed by atoms with Crippen LogP contribution in [0.5, 0.6) is 0 Å². The number of carbonyl (C=O) groups is 2. The summed E-state index contributed by atoms with van der Waals surface area (Å²) in [5.74, 6) is -0.242. The Balaban J connectivity index is 1.41. The summed E-state index contributed by atoms with van der Waals surface area (Å²) in [6.45, 7) is 4.08. The second kappa shape index (κ2) is 6.19. The maximum Gasteiger partial charge on any atom is 0.312 e. The summed E-state index contributed by atoms with van der Waals surface area (Å²) in [7, 11) is 0. The Morgan fingerprint density at radius 2 is 2.16 bits per heavy atom. The van der Waals surface area contributed by atoms with Crippen LogP contribution in [0.3, 0.4) is 0 Å². The molecule has 2 aliphatic rings. The zero-order chi connectivity index (χ0) is 17.4. The number of H-pyrrole nitrogens is 1. The highest BCUT2D eigenvalue weighted by atomic mass is 16.6. The van der Waals surface area contributed by atoms with E-state index in [1.807, 2.05) is 25.1 Å². The Labute approximate surface area is 146 Å². The molecule has 1 amide bonds. The van der Waals surface area contributed by atoms with Gasteiger partial charge in [0.1, 0.15) is 6.10 Å². The van der Waals surface area contributed by atoms with E-state index in [4.69, 9.17) is 4.74 Å². The Hall–Kier alpha value is -2.34. The number of hydrogen-bond donors (Lipinski definition) is 3. The molecule has 1 unspecified atom stereocenters. The van der Waals surface area contributed by atoms with E-state index in [9.17, 15) is 9.59 Å². The number of hydrogen-bond acceptors (Lipinski definition) is 4. The van der Waals surface area contributed by atoms with Crippen LogP contribution in [0.25, 0.3) is 10.9 Å². The first-order valence-electron chi connectivity index (χ1n) is 8.85. The van der Waals surface area contributed by atoms with Gasteiger partial charge >= 0.3 is 5.97 Å². The quantitative estimate of drug-likeness (QED) is 0.745. The summed E-state index contributed by atoms with van der Waals surface area (Å²) >= 11 is 0. The molecular formula is C19H23N3O3. The molecule has 1 atom stereocenters. The Bertz CT molecular complexity index is 820. The minimum Gasteiger partial charge on any atom is -0.460 e. The second-order valence-electron chi connectivity index (χ2n) is 7.22. The number of aromatic nitrogens is 1. The fourth-order valence-electron chi connectivity index (χ4n) is 3.99. The van der Waals surface area contributed by atoms with Crippen molar-refractivity contribution < 1.29 is 14.3 Å². The number of benzene rings is 1. The molecular weight excluding hydrogens is 318 g/mol. The molecule has 3 N–H and O–H groups in total. The van der Waals surface area contributed by atoms with Crippen LogP contribution in [0.4, 0.5) is 0 Å². The monoisotopic (exact) mass is 341 g/mol. The van der Waals surface area contributed by atoms with Gasteiger partial charge in [-0.25, -0.2) is 0 Å². The van der Waals surface area contributed by atoms with Gasteiger partial charge in [0, 0.05) is 23.5 Å². The van der Waals surface area contributed by atoms with Gasteiger partial charge in [-0.05, 0) is 44.5 Å². The zero-order valence-corrected chi connectivity index (χ0v) is 14.4. The van der Waals surface area contributed by atoms with Crippen LogP contribution in [-0.4, -0.2) is 42.6 Å². The zero-order valence-electron chi connectivity index (χ0n) is 14.4. The maximum absolute atomic E-state index is 12.5. The topological polar surface area (TPSA) is 83.2 Å². The molecule has 2 fully saturated rings. The molecule has 25 heavy (non-hydrogen) atoms. The first kappa shape index (κ1) is 16.1. The van der Waals surface area contributed by atoms with Crippen molar-refractivity contribution in [2.45, 2.75) is 32.3 Å². The van der Waals surface area contributed by atoms with E-state index in [-0.39, 0.29) is 23.4 Å². The van der Waals surface area contributed by atoms with Gasteiger partial charge in [-0.1, -0.05) is 12.1 Å². The van der Waals surface area contributed by atoms with E-state index < -0.39 is 0 Å². The minimum atomic E-state index is -0.348. The molecule has 0 radical (unpaired) electrons. The molecule has 1 aromatic carbocycles. The number of nitrogens with one attached hydrogen (secondary N) is 3. The van der Waals surface area contributed by atoms with Gasteiger partial charge in [-0.3, -0.25) is 9.59 Å². The van der Waals surface area contributed by atoms with Gasteiger partial charge in [0.25, 0.3) is 5.91 Å². The van der Waals surface area contributed by atoms with Crippen molar-refractivity contribution in [3.05, 3.63) is 35.5 Å². The highest BCUT2D eigenvalue weighted by Crippen LogP contribution is 2.41. The molecule has 3 heterocycles. The van der Waals surface area contributed by atoms with Crippen LogP contribution < -0.4 is 10.6 Å². The Morgan fingerprint density at radius 3 is 2.96 bits per heavy atom. The minimum absolute atomic E-state index is 0.101. The molecule has 6 nitrogen and oxygen atoms in total. The normalized spacial score (nSPS) is 22.3. The van der Waals surface area contributed by atoms with E-state index in [1.165, 1.54) is 0 Å². The fraction of sp³-hybridized carbons (Fsp3) is 0.474. The number of aromatic amines is 1. The van der Waals surface area contributed by atoms with Crippen LogP contribution in [0, 0.1) is 12.3 Å². The molecule has 2 saturated heterocycles. The molecule has 2 aromatic rings. The summed E-state index contributed by atoms with van der Waals surface area (Å²) < 4.78 is 5.54. The van der Waals surface area contributed by atoms with E-state index in [1.54, 1.807) is 6.20 Å². The van der Waals surface area contributed by atoms with Crippen molar-refractivity contribution in [1.29, 1.82) is 0 Å². The summed E-state index contributed by atoms with van der Waals surface area (Å²) in [5, 5.41) is 7.11. The number of amides is 1. The lowest BCUT2D eigenvalue weighted by molar-refractivity contribution is -0.149. The summed E-state index contributed by atoms with van der Waals surface area (Å²) in [5.41, 5.74) is 2.37. The molecule has 0 bridgehead atoms. The molecule has 4 rings (SSSR count). The number of carbonyl (C=O) groups excluding carboxylic acids is 2. The molecule has 0 saturated carbocycles. The number of ether oxygens (including phenoxy) is 1. The summed E-state index contributed by atoms with van der Waals surface area (Å²) in [6, 6.07) is 5.97. The van der Waals surface area contributed by atoms with Crippen molar-refractivity contribution in [3.63, 3.8) is 0 Å². The van der Waals surface area contributed by atoms with Gasteiger partial charge in [-0.15, -0.1) is 0 Å². The third kappa shape index (κ3) is 2.91. The number of fused-ring (bicyclic) bond motifs is 1. The van der Waals surface area contributed by atoms with Crippen molar-refractivity contribution in [2.24, 2.45) is 5.41 Å². The van der Waals surface area contributed by atoms with Gasteiger partial charge in [0.15, 0.2) is 0 Å². The fourth-order valence-corrected chi connectivity index (χ4v) is 3.99. The molecule has 1 aromatic heterocycles. The molecule has 132 valence electrons. The van der Waals surface area contributed by atoms with E-state index >= 15 is 0 Å². The lowest BCUT2D eigenvalue weighted by Gasteiger charge is -2.29. The van der Waals surface area contributed by atoms with Crippen molar-refractivity contribution in [2.75, 3.05) is 19.6 Å². The first-order valence-corrected chi connectivity index (χ1v) is 8.85. The number of aryl methyl sites for hydroxylation is 1. The summed E-state index contributed by atoms with van der Waals surface area (Å²) in [4.78, 5) is 27.9. The van der Waals surface area contributed by atoms with Crippen LogP contribution in [0.15, 0.2) is 24.4 Å². The lowest BCUT2D eigenvalue weighted by atomic mass is 9.76. The number of esters is 1. The van der Waals surface area contributed by atoms with E-state index in [0.717, 1.165) is 42.4 Å². The van der Waals surface area contributed by atoms with E-state index in [2.05, 4.69) is 15.6 Å². The average Bonchev–Trinajstić information content (AvgIpc) is 3.15. The van der Waals surface area contributed by atoms with Crippen molar-refractivity contribution >= 4 is 22.8 Å². The molecule has 6 heteroatoms. The third-order valence-corrected chi connectivity index (χ3v) is 5.46. The van der Waals surface area contributed by atoms with E-state index in [0.29, 0.717) is 18.5 Å². The second-order valence-corrected chi connectivity index (χ2v) is 7.22. The smallest absolute Gasteiger partial charge is 0.312 e. The predicted molar refractivity (Wildman–Crippen MR) is 94.4 cm³/mol. The largest absolute Gasteiger partial charge is 0.460 e. The third-order valence-electron chi connectivity index (χ3n) is 5.46. The van der Waals surface area contributed by atoms with Gasteiger partial charge in [-0.2, -0.15) is 0 Å². The van der Waals surface area contributed by atoms with Crippen LogP contribution in [0.1, 0.15) is 35.2 Å². The lowest BCUT2D eigenvalue weighted by Crippen LogP contribution is -2.39. The van der Waals surface area contributed by atoms with Crippen molar-refractivity contribution in [3.8, 4) is 0 Å². The number of cyclic esters (lactones) is 1. The average molecular weight is 341 g/mol. The van der Waals surface area contributed by atoms with Gasteiger partial charge < -0.3 is 20.4 Å². The van der Waals surface area contributed by atoms with Crippen LogP contribution in [0.2, 0.25) is 0 Å². The summed E-state index contributed by atoms with van der Waals surface area (Å²) in [6.07, 6.45) is 3.83. The molecule has 0 aliphatic carbocycles. The van der Waals surface area contributed by atoms with Gasteiger partial charge in [0.05, 0.1) is 17.5 Å². The van der Waals surface area contributed by atoms with Crippen molar-refractivity contribution in [1.82, 2.24) is 15.6 Å². The Kier molecular flexibility index (Phi) is 4.00. The SMILES string of the molecule is Cc1ccc2c(C(=O)NCC3CC4(CCNCC4)C(=O)O3)c[nH]c2c1.